The average Bonchev–Trinajstić information content (AvgIpc) is 2.57. The van der Waals surface area contributed by atoms with Crippen molar-refractivity contribution in [3.63, 3.8) is 0 Å². The van der Waals surface area contributed by atoms with Crippen molar-refractivity contribution in [3.8, 4) is 0 Å². The normalized spacial score (nSPS) is 13.1. The number of carbonyl (C=O) groups excluding carboxylic acids is 1. The lowest BCUT2D eigenvalue weighted by Gasteiger charge is -2.23. The lowest BCUT2D eigenvalue weighted by Crippen LogP contribution is -2.26. The van der Waals surface area contributed by atoms with E-state index in [0.29, 0.717) is 6.61 Å². The van der Waals surface area contributed by atoms with Crippen molar-refractivity contribution < 1.29 is 9.53 Å². The third-order valence-corrected chi connectivity index (χ3v) is 4.57. The molecule has 0 saturated carbocycles. The fourth-order valence-electron chi connectivity index (χ4n) is 2.25. The zero-order valence-electron chi connectivity index (χ0n) is 12.6. The van der Waals surface area contributed by atoms with Crippen LogP contribution in [-0.4, -0.2) is 17.8 Å². The Balaban J connectivity index is 2.30. The Labute approximate surface area is 136 Å². The second-order valence-corrected chi connectivity index (χ2v) is 5.99. The van der Waals surface area contributed by atoms with E-state index in [0.717, 1.165) is 10.5 Å². The minimum Gasteiger partial charge on any atom is -0.465 e. The summed E-state index contributed by atoms with van der Waals surface area (Å²) in [6.45, 7) is 6.13. The highest BCUT2D eigenvalue weighted by Gasteiger charge is 2.29. The van der Waals surface area contributed by atoms with Crippen LogP contribution < -0.4 is 0 Å². The monoisotopic (exact) mass is 312 g/mol. The van der Waals surface area contributed by atoms with Crippen molar-refractivity contribution in [2.24, 2.45) is 0 Å². The summed E-state index contributed by atoms with van der Waals surface area (Å²) < 4.78 is 5.27. The zero-order chi connectivity index (χ0) is 15.8. The van der Waals surface area contributed by atoms with E-state index in [1.54, 1.807) is 0 Å². The molecule has 22 heavy (non-hydrogen) atoms. The van der Waals surface area contributed by atoms with Crippen LogP contribution in [-0.2, 0) is 9.53 Å². The summed E-state index contributed by atoms with van der Waals surface area (Å²) in [5, 5.41) is -0.345. The second-order valence-electron chi connectivity index (χ2n) is 4.78. The van der Waals surface area contributed by atoms with Crippen LogP contribution in [0.3, 0.4) is 0 Å². The standard InChI is InChI=1S/C19H20O2S/c1-3-17(15-11-7-5-8-12-15)18(19(20)21-4-2)22-16-13-9-6-10-14-16/h3,5-14,17-18H,1,4H2,2H3/t17-,18+/m1/s1. The molecule has 0 spiro atoms. The van der Waals surface area contributed by atoms with Gasteiger partial charge in [-0.05, 0) is 24.6 Å². The first-order valence-corrected chi connectivity index (χ1v) is 8.20. The fraction of sp³-hybridized carbons (Fsp3) is 0.211. The molecular weight excluding hydrogens is 292 g/mol. The van der Waals surface area contributed by atoms with Gasteiger partial charge in [-0.2, -0.15) is 0 Å². The van der Waals surface area contributed by atoms with Crippen molar-refractivity contribution in [2.75, 3.05) is 6.61 Å². The zero-order valence-corrected chi connectivity index (χ0v) is 13.5. The summed E-state index contributed by atoms with van der Waals surface area (Å²) in [6, 6.07) is 19.9. The second kappa shape index (κ2) is 8.44. The predicted octanol–water partition coefficient (Wildman–Crippen LogP) is 4.68. The molecule has 114 valence electrons. The molecule has 2 rings (SSSR count). The van der Waals surface area contributed by atoms with Gasteiger partial charge in [-0.1, -0.05) is 54.6 Å². The van der Waals surface area contributed by atoms with Gasteiger partial charge in [0.15, 0.2) is 0 Å². The fourth-order valence-corrected chi connectivity index (χ4v) is 3.43. The molecule has 0 bridgehead atoms. The van der Waals surface area contributed by atoms with Gasteiger partial charge in [0.05, 0.1) is 6.61 Å². The predicted molar refractivity (Wildman–Crippen MR) is 92.1 cm³/mol. The van der Waals surface area contributed by atoms with E-state index in [1.807, 2.05) is 73.7 Å². The molecular formula is C19H20O2S. The number of rotatable bonds is 7. The third-order valence-electron chi connectivity index (χ3n) is 3.29. The highest BCUT2D eigenvalue weighted by Crippen LogP contribution is 2.35. The van der Waals surface area contributed by atoms with Gasteiger partial charge in [0.1, 0.15) is 5.25 Å². The van der Waals surface area contributed by atoms with Crippen molar-refractivity contribution in [1.29, 1.82) is 0 Å². The number of benzene rings is 2. The van der Waals surface area contributed by atoms with Crippen molar-refractivity contribution >= 4 is 17.7 Å². The van der Waals surface area contributed by atoms with Gasteiger partial charge in [0, 0.05) is 10.8 Å². The highest BCUT2D eigenvalue weighted by atomic mass is 32.2. The molecule has 0 aliphatic carbocycles. The molecule has 0 heterocycles. The van der Waals surface area contributed by atoms with Crippen LogP contribution in [0.5, 0.6) is 0 Å². The maximum Gasteiger partial charge on any atom is 0.320 e. The molecule has 0 radical (unpaired) electrons. The van der Waals surface area contributed by atoms with Crippen LogP contribution in [0.15, 0.2) is 78.2 Å². The molecule has 3 heteroatoms. The van der Waals surface area contributed by atoms with Crippen molar-refractivity contribution in [1.82, 2.24) is 0 Å². The van der Waals surface area contributed by atoms with Gasteiger partial charge < -0.3 is 4.74 Å². The Hall–Kier alpha value is -2.00. The highest BCUT2D eigenvalue weighted by molar-refractivity contribution is 8.00. The van der Waals surface area contributed by atoms with E-state index in [1.165, 1.54) is 11.8 Å². The lowest BCUT2D eigenvalue weighted by molar-refractivity contribution is -0.142. The van der Waals surface area contributed by atoms with Gasteiger partial charge in [-0.25, -0.2) is 0 Å². The molecule has 0 saturated heterocycles. The number of hydrogen-bond acceptors (Lipinski definition) is 3. The number of esters is 1. The van der Waals surface area contributed by atoms with E-state index in [-0.39, 0.29) is 17.1 Å². The largest absolute Gasteiger partial charge is 0.465 e. The summed E-state index contributed by atoms with van der Waals surface area (Å²) in [7, 11) is 0. The summed E-state index contributed by atoms with van der Waals surface area (Å²) in [4.78, 5) is 13.5. The minimum absolute atomic E-state index is 0.0922. The van der Waals surface area contributed by atoms with E-state index < -0.39 is 0 Å². The quantitative estimate of drug-likeness (QED) is 0.422. The van der Waals surface area contributed by atoms with E-state index in [4.69, 9.17) is 4.74 Å². The SMILES string of the molecule is C=C[C@H](c1ccccc1)[C@H](Sc1ccccc1)C(=O)OCC. The van der Waals surface area contributed by atoms with Gasteiger partial charge >= 0.3 is 5.97 Å². The molecule has 0 aromatic heterocycles. The van der Waals surface area contributed by atoms with E-state index >= 15 is 0 Å². The lowest BCUT2D eigenvalue weighted by atomic mass is 9.95. The number of carbonyl (C=O) groups is 1. The van der Waals surface area contributed by atoms with Gasteiger partial charge in [-0.3, -0.25) is 4.79 Å². The maximum atomic E-state index is 12.4. The third kappa shape index (κ3) is 4.25. The average molecular weight is 312 g/mol. The molecule has 0 N–H and O–H groups in total. The molecule has 0 aliphatic rings. The maximum absolute atomic E-state index is 12.4. The molecule has 0 aliphatic heterocycles. The Morgan fingerprint density at radius 3 is 2.27 bits per heavy atom. The Morgan fingerprint density at radius 2 is 1.73 bits per heavy atom. The van der Waals surface area contributed by atoms with Gasteiger partial charge in [-0.15, -0.1) is 18.3 Å². The molecule has 2 atom stereocenters. The van der Waals surface area contributed by atoms with Crippen molar-refractivity contribution in [3.05, 3.63) is 78.9 Å². The first kappa shape index (κ1) is 16.4. The van der Waals surface area contributed by atoms with Gasteiger partial charge in [0.25, 0.3) is 0 Å². The Morgan fingerprint density at radius 1 is 1.14 bits per heavy atom. The van der Waals surface area contributed by atoms with Crippen LogP contribution in [0.25, 0.3) is 0 Å². The topological polar surface area (TPSA) is 26.3 Å². The molecule has 2 aromatic carbocycles. The van der Waals surface area contributed by atoms with E-state index in [9.17, 15) is 4.79 Å². The van der Waals surface area contributed by atoms with Crippen LogP contribution >= 0.6 is 11.8 Å². The van der Waals surface area contributed by atoms with Crippen LogP contribution in [0.2, 0.25) is 0 Å². The summed E-state index contributed by atoms with van der Waals surface area (Å²) >= 11 is 1.52. The molecule has 2 aromatic rings. The van der Waals surface area contributed by atoms with Gasteiger partial charge in [0.2, 0.25) is 0 Å². The molecule has 0 unspecified atom stereocenters. The number of ether oxygens (including phenoxy) is 1. The molecule has 2 nitrogen and oxygen atoms in total. The van der Waals surface area contributed by atoms with Crippen LogP contribution in [0, 0.1) is 0 Å². The first-order chi connectivity index (χ1) is 10.8. The first-order valence-electron chi connectivity index (χ1n) is 7.32. The number of hydrogen-bond donors (Lipinski definition) is 0. The molecule has 0 fully saturated rings. The number of allylic oxidation sites excluding steroid dienone is 1. The Bertz CT molecular complexity index is 595. The van der Waals surface area contributed by atoms with E-state index in [2.05, 4.69) is 6.58 Å². The smallest absolute Gasteiger partial charge is 0.320 e. The summed E-state index contributed by atoms with van der Waals surface area (Å²) in [5.41, 5.74) is 1.07. The number of thioether (sulfide) groups is 1. The van der Waals surface area contributed by atoms with Crippen molar-refractivity contribution in [2.45, 2.75) is 23.0 Å². The minimum atomic E-state index is -0.345. The summed E-state index contributed by atoms with van der Waals surface area (Å²) in [6.07, 6.45) is 1.83. The molecule has 0 amide bonds. The van der Waals surface area contributed by atoms with Crippen LogP contribution in [0.1, 0.15) is 18.4 Å². The Kier molecular flexibility index (Phi) is 6.28. The summed E-state index contributed by atoms with van der Waals surface area (Å²) in [5.74, 6) is -0.296. The van der Waals surface area contributed by atoms with Crippen LogP contribution in [0.4, 0.5) is 0 Å².